The van der Waals surface area contributed by atoms with Crippen molar-refractivity contribution in [2.45, 2.75) is 0 Å². The molecule has 0 aromatic heterocycles. The van der Waals surface area contributed by atoms with Gasteiger partial charge in [0.25, 0.3) is 0 Å². The standard InChI is InChI=1S/C6H9BrOS/c1-9-6-5-8-4-2-3-7/h4-6H2,1H3. The van der Waals surface area contributed by atoms with Gasteiger partial charge in [-0.1, -0.05) is 5.92 Å². The van der Waals surface area contributed by atoms with Crippen molar-refractivity contribution in [3.05, 3.63) is 0 Å². The number of ether oxygens (including phenoxy) is 1. The highest BCUT2D eigenvalue weighted by Crippen LogP contribution is 1.89. The minimum atomic E-state index is 0.534. The van der Waals surface area contributed by atoms with E-state index in [1.165, 1.54) is 0 Å². The highest BCUT2D eigenvalue weighted by molar-refractivity contribution is 9.12. The van der Waals surface area contributed by atoms with Crippen LogP contribution in [-0.4, -0.2) is 25.2 Å². The first-order valence-corrected chi connectivity index (χ1v) is 4.75. The van der Waals surface area contributed by atoms with Crippen molar-refractivity contribution in [1.29, 1.82) is 0 Å². The predicted molar refractivity (Wildman–Crippen MR) is 45.9 cm³/mol. The van der Waals surface area contributed by atoms with E-state index in [0.717, 1.165) is 12.4 Å². The second-order valence-electron chi connectivity index (χ2n) is 1.32. The van der Waals surface area contributed by atoms with Crippen LogP contribution in [0, 0.1) is 10.8 Å². The average Bonchev–Trinajstić information content (AvgIpc) is 1.89. The minimum Gasteiger partial charge on any atom is -0.368 e. The largest absolute Gasteiger partial charge is 0.368 e. The summed E-state index contributed by atoms with van der Waals surface area (Å²) in [5.74, 6) is 3.79. The average molecular weight is 209 g/mol. The Kier molecular flexibility index (Phi) is 8.67. The highest BCUT2D eigenvalue weighted by atomic mass is 79.9. The monoisotopic (exact) mass is 208 g/mol. The minimum absolute atomic E-state index is 0.534. The molecule has 0 fully saturated rings. The van der Waals surface area contributed by atoms with Crippen molar-refractivity contribution in [2.24, 2.45) is 0 Å². The van der Waals surface area contributed by atoms with Crippen molar-refractivity contribution >= 4 is 27.7 Å². The van der Waals surface area contributed by atoms with Gasteiger partial charge in [-0.3, -0.25) is 0 Å². The lowest BCUT2D eigenvalue weighted by Gasteiger charge is -1.94. The Hall–Kier alpha value is 0.350. The quantitative estimate of drug-likeness (QED) is 0.515. The van der Waals surface area contributed by atoms with E-state index in [4.69, 9.17) is 4.74 Å². The smallest absolute Gasteiger partial charge is 0.108 e. The van der Waals surface area contributed by atoms with Crippen molar-refractivity contribution in [3.8, 4) is 10.8 Å². The third-order valence-corrected chi connectivity index (χ3v) is 1.53. The van der Waals surface area contributed by atoms with E-state index in [2.05, 4.69) is 32.9 Å². The Morgan fingerprint density at radius 1 is 1.67 bits per heavy atom. The molecule has 0 N–H and O–H groups in total. The van der Waals surface area contributed by atoms with E-state index >= 15 is 0 Å². The molecule has 0 heterocycles. The topological polar surface area (TPSA) is 9.23 Å². The molecule has 0 atom stereocenters. The van der Waals surface area contributed by atoms with Gasteiger partial charge in [0.05, 0.1) is 6.61 Å². The van der Waals surface area contributed by atoms with Crippen molar-refractivity contribution in [3.63, 3.8) is 0 Å². The van der Waals surface area contributed by atoms with Crippen LogP contribution in [0.3, 0.4) is 0 Å². The van der Waals surface area contributed by atoms with Gasteiger partial charge in [0.1, 0.15) is 6.61 Å². The zero-order chi connectivity index (χ0) is 6.95. The van der Waals surface area contributed by atoms with E-state index in [1.807, 2.05) is 0 Å². The van der Waals surface area contributed by atoms with Gasteiger partial charge in [0, 0.05) is 21.7 Å². The van der Waals surface area contributed by atoms with E-state index in [9.17, 15) is 0 Å². The molecule has 0 aromatic carbocycles. The van der Waals surface area contributed by atoms with Gasteiger partial charge in [0.2, 0.25) is 0 Å². The Bertz CT molecular complexity index is 105. The Morgan fingerprint density at radius 3 is 3.00 bits per heavy atom. The van der Waals surface area contributed by atoms with Crippen LogP contribution < -0.4 is 0 Å². The summed E-state index contributed by atoms with van der Waals surface area (Å²) in [5.41, 5.74) is 0. The van der Waals surface area contributed by atoms with Crippen LogP contribution in [0.1, 0.15) is 0 Å². The maximum atomic E-state index is 5.09. The normalized spacial score (nSPS) is 8.22. The summed E-state index contributed by atoms with van der Waals surface area (Å²) in [4.78, 5) is 2.58. The van der Waals surface area contributed by atoms with Crippen LogP contribution in [0.2, 0.25) is 0 Å². The van der Waals surface area contributed by atoms with E-state index in [-0.39, 0.29) is 0 Å². The number of thioether (sulfide) groups is 1. The molecular weight excluding hydrogens is 200 g/mol. The lowest BCUT2D eigenvalue weighted by Crippen LogP contribution is -1.96. The van der Waals surface area contributed by atoms with Crippen LogP contribution in [-0.2, 0) is 4.74 Å². The van der Waals surface area contributed by atoms with E-state index < -0.39 is 0 Å². The lowest BCUT2D eigenvalue weighted by atomic mass is 10.7. The fourth-order valence-electron chi connectivity index (χ4n) is 0.293. The van der Waals surface area contributed by atoms with Gasteiger partial charge >= 0.3 is 0 Å². The van der Waals surface area contributed by atoms with Crippen LogP contribution in [0.4, 0.5) is 0 Å². The first-order chi connectivity index (χ1) is 4.41. The fraction of sp³-hybridized carbons (Fsp3) is 0.667. The number of rotatable bonds is 4. The van der Waals surface area contributed by atoms with Gasteiger partial charge in [-0.15, -0.1) is 0 Å². The summed E-state index contributed by atoms with van der Waals surface area (Å²) >= 11 is 4.75. The summed E-state index contributed by atoms with van der Waals surface area (Å²) < 4.78 is 5.09. The Morgan fingerprint density at radius 2 is 2.44 bits per heavy atom. The summed E-state index contributed by atoms with van der Waals surface area (Å²) in [7, 11) is 0. The van der Waals surface area contributed by atoms with E-state index in [0.29, 0.717) is 6.61 Å². The molecule has 0 aliphatic carbocycles. The molecule has 0 radical (unpaired) electrons. The Balaban J connectivity index is 2.80. The maximum absolute atomic E-state index is 5.09. The van der Waals surface area contributed by atoms with Gasteiger partial charge in [0.15, 0.2) is 0 Å². The molecule has 0 bridgehead atoms. The molecule has 0 unspecified atom stereocenters. The molecular formula is C6H9BrOS. The van der Waals surface area contributed by atoms with Gasteiger partial charge in [-0.05, 0) is 11.1 Å². The molecule has 52 valence electrons. The summed E-state index contributed by atoms with van der Waals surface area (Å²) in [6.07, 6.45) is 2.06. The van der Waals surface area contributed by atoms with Crippen molar-refractivity contribution in [1.82, 2.24) is 0 Å². The zero-order valence-electron chi connectivity index (χ0n) is 5.32. The van der Waals surface area contributed by atoms with Gasteiger partial charge in [-0.25, -0.2) is 0 Å². The first kappa shape index (κ1) is 9.35. The Labute approximate surface area is 68.7 Å². The molecule has 0 rings (SSSR count). The van der Waals surface area contributed by atoms with Crippen molar-refractivity contribution < 1.29 is 4.74 Å². The SMILES string of the molecule is CSCCOCC#CBr. The van der Waals surface area contributed by atoms with E-state index in [1.54, 1.807) is 11.8 Å². The predicted octanol–water partition coefficient (Wildman–Crippen LogP) is 1.72. The molecule has 9 heavy (non-hydrogen) atoms. The fourth-order valence-corrected chi connectivity index (χ4v) is 0.692. The highest BCUT2D eigenvalue weighted by Gasteiger charge is 1.80. The summed E-state index contributed by atoms with van der Waals surface area (Å²) in [6, 6.07) is 0. The summed E-state index contributed by atoms with van der Waals surface area (Å²) in [6.45, 7) is 1.33. The molecule has 0 saturated heterocycles. The van der Waals surface area contributed by atoms with Crippen LogP contribution in [0.15, 0.2) is 0 Å². The number of hydrogen-bond acceptors (Lipinski definition) is 2. The number of hydrogen-bond donors (Lipinski definition) is 0. The molecule has 1 nitrogen and oxygen atoms in total. The van der Waals surface area contributed by atoms with Gasteiger partial charge in [-0.2, -0.15) is 11.8 Å². The maximum Gasteiger partial charge on any atom is 0.108 e. The first-order valence-electron chi connectivity index (χ1n) is 2.57. The van der Waals surface area contributed by atoms with Crippen molar-refractivity contribution in [2.75, 3.05) is 25.2 Å². The summed E-state index contributed by atoms with van der Waals surface area (Å²) in [5, 5.41) is 0. The molecule has 0 aromatic rings. The van der Waals surface area contributed by atoms with Crippen LogP contribution in [0.25, 0.3) is 0 Å². The van der Waals surface area contributed by atoms with Crippen LogP contribution >= 0.6 is 27.7 Å². The second kappa shape index (κ2) is 8.35. The molecule has 0 spiro atoms. The zero-order valence-corrected chi connectivity index (χ0v) is 7.72. The molecule has 3 heteroatoms. The van der Waals surface area contributed by atoms with Crippen LogP contribution in [0.5, 0.6) is 0 Å². The lowest BCUT2D eigenvalue weighted by molar-refractivity contribution is 0.185. The molecule has 0 amide bonds. The molecule has 0 saturated carbocycles. The molecule has 0 aliphatic heterocycles. The van der Waals surface area contributed by atoms with Gasteiger partial charge < -0.3 is 4.74 Å². The second-order valence-corrected chi connectivity index (χ2v) is 2.70. The third-order valence-electron chi connectivity index (χ3n) is 0.673. The molecule has 0 aliphatic rings. The number of halogens is 1. The third kappa shape index (κ3) is 8.35.